The summed E-state index contributed by atoms with van der Waals surface area (Å²) in [5.41, 5.74) is 0. The molecule has 0 aromatic rings. The number of ether oxygens (including phenoxy) is 2. The maximum absolute atomic E-state index is 5.09. The number of hydrogen-bond donors (Lipinski definition) is 0. The minimum absolute atomic E-state index is 0.335. The van der Waals surface area contributed by atoms with E-state index in [9.17, 15) is 0 Å². The van der Waals surface area contributed by atoms with E-state index in [-0.39, 0.29) is 0 Å². The van der Waals surface area contributed by atoms with Crippen molar-refractivity contribution in [2.75, 3.05) is 25.8 Å². The van der Waals surface area contributed by atoms with Crippen molar-refractivity contribution in [2.45, 2.75) is 38.5 Å². The van der Waals surface area contributed by atoms with Gasteiger partial charge in [0, 0.05) is 25.3 Å². The number of rotatable bonds is 9. The van der Waals surface area contributed by atoms with E-state index in [2.05, 4.69) is 39.6 Å². The third-order valence-corrected chi connectivity index (χ3v) is 2.56. The highest BCUT2D eigenvalue weighted by Gasteiger charge is 1.86. The van der Waals surface area contributed by atoms with Gasteiger partial charge in [0.05, 0.1) is 6.61 Å². The minimum atomic E-state index is 0.335. The van der Waals surface area contributed by atoms with Gasteiger partial charge in [0.25, 0.3) is 0 Å². The maximum atomic E-state index is 5.09. The predicted molar refractivity (Wildman–Crippen MR) is 74.9 cm³/mol. The number of methoxy groups -OCH3 is 1. The molecule has 0 fully saturated rings. The topological polar surface area (TPSA) is 18.5 Å². The zero-order valence-electron chi connectivity index (χ0n) is 10.6. The summed E-state index contributed by atoms with van der Waals surface area (Å²) in [5.74, 6) is 11.7. The highest BCUT2D eigenvalue weighted by atomic mass is 79.9. The molecule has 0 radical (unpaired) electrons. The molecule has 3 heteroatoms. The van der Waals surface area contributed by atoms with Crippen LogP contribution in [0.2, 0.25) is 0 Å². The first-order chi connectivity index (χ1) is 8.41. The molecule has 0 amide bonds. The Morgan fingerprint density at radius 2 is 1.65 bits per heavy atom. The molecule has 0 saturated heterocycles. The summed E-state index contributed by atoms with van der Waals surface area (Å²) < 4.78 is 9.83. The van der Waals surface area contributed by atoms with Crippen molar-refractivity contribution < 1.29 is 9.47 Å². The summed E-state index contributed by atoms with van der Waals surface area (Å²) in [4.78, 5) is 0. The first kappa shape index (κ1) is 16.5. The van der Waals surface area contributed by atoms with Crippen molar-refractivity contribution in [1.29, 1.82) is 0 Å². The summed E-state index contributed by atoms with van der Waals surface area (Å²) in [6.45, 7) is 0.941. The Kier molecular flexibility index (Phi) is 15.1. The van der Waals surface area contributed by atoms with Gasteiger partial charge in [-0.3, -0.25) is 0 Å². The quantitative estimate of drug-likeness (QED) is 0.281. The molecule has 0 aromatic heterocycles. The van der Waals surface area contributed by atoms with Gasteiger partial charge in [-0.05, 0) is 24.7 Å². The van der Waals surface area contributed by atoms with E-state index in [0.717, 1.165) is 11.8 Å². The number of hydrogen-bond acceptors (Lipinski definition) is 2. The molecule has 96 valence electrons. The van der Waals surface area contributed by atoms with E-state index in [0.29, 0.717) is 19.8 Å². The Hall–Kier alpha value is -0.480. The van der Waals surface area contributed by atoms with Crippen molar-refractivity contribution in [1.82, 2.24) is 0 Å². The van der Waals surface area contributed by atoms with Gasteiger partial charge in [-0.15, -0.1) is 0 Å². The fourth-order valence-electron chi connectivity index (χ4n) is 1.14. The molecule has 0 saturated carbocycles. The second kappa shape index (κ2) is 15.5. The van der Waals surface area contributed by atoms with Gasteiger partial charge < -0.3 is 9.47 Å². The Bertz CT molecular complexity index is 267. The molecule has 0 spiro atoms. The third-order valence-electron chi connectivity index (χ3n) is 2.00. The molecule has 0 rings (SSSR count). The van der Waals surface area contributed by atoms with Crippen molar-refractivity contribution in [3.63, 3.8) is 0 Å². The van der Waals surface area contributed by atoms with Crippen LogP contribution < -0.4 is 0 Å². The molecule has 0 bridgehead atoms. The Balaban J connectivity index is 3.26. The molecule has 0 unspecified atom stereocenters. The molecule has 0 aliphatic rings. The van der Waals surface area contributed by atoms with Crippen LogP contribution in [0.3, 0.4) is 0 Å². The number of alkyl halides is 1. The van der Waals surface area contributed by atoms with Gasteiger partial charge in [0.2, 0.25) is 0 Å². The van der Waals surface area contributed by atoms with Crippen LogP contribution in [0.5, 0.6) is 0 Å². The van der Waals surface area contributed by atoms with E-state index < -0.39 is 0 Å². The monoisotopic (exact) mass is 300 g/mol. The summed E-state index contributed by atoms with van der Waals surface area (Å²) in [6, 6.07) is 0. The fourth-order valence-corrected chi connectivity index (χ4v) is 1.54. The smallest absolute Gasteiger partial charge is 0.146 e. The van der Waals surface area contributed by atoms with Crippen molar-refractivity contribution in [3.05, 3.63) is 0 Å². The van der Waals surface area contributed by atoms with Crippen LogP contribution in [-0.4, -0.2) is 25.8 Å². The largest absolute Gasteiger partial charge is 0.359 e. The predicted octanol–water partition coefficient (Wildman–Crippen LogP) is 3.35. The average Bonchev–Trinajstić information content (AvgIpc) is 2.35. The van der Waals surface area contributed by atoms with Gasteiger partial charge >= 0.3 is 0 Å². The van der Waals surface area contributed by atoms with Gasteiger partial charge in [0.15, 0.2) is 0 Å². The molecular weight excluding hydrogens is 280 g/mol. The Morgan fingerprint density at radius 3 is 2.35 bits per heavy atom. The molecule has 17 heavy (non-hydrogen) atoms. The second-order valence-corrected chi connectivity index (χ2v) is 4.31. The standard InChI is InChI=1S/C14H21BrO2/c1-16-14-17-13-11-9-7-5-3-2-4-6-8-10-12-15/h2,4,6,8,10-14H2,1H3. The van der Waals surface area contributed by atoms with Crippen LogP contribution in [0.1, 0.15) is 38.5 Å². The molecule has 0 atom stereocenters. The van der Waals surface area contributed by atoms with Gasteiger partial charge in [-0.2, -0.15) is 0 Å². The van der Waals surface area contributed by atoms with Crippen LogP contribution in [0.15, 0.2) is 0 Å². The van der Waals surface area contributed by atoms with Gasteiger partial charge in [0.1, 0.15) is 6.79 Å². The van der Waals surface area contributed by atoms with Crippen molar-refractivity contribution in [3.8, 4) is 23.7 Å². The van der Waals surface area contributed by atoms with Crippen molar-refractivity contribution in [2.24, 2.45) is 0 Å². The van der Waals surface area contributed by atoms with Crippen LogP contribution in [0.25, 0.3) is 0 Å². The SMILES string of the molecule is COCOCCC#CC#CCCCCCCBr. The van der Waals surface area contributed by atoms with Crippen LogP contribution >= 0.6 is 15.9 Å². The molecule has 0 aliphatic carbocycles. The normalized spacial score (nSPS) is 9.06. The van der Waals surface area contributed by atoms with E-state index >= 15 is 0 Å². The lowest BCUT2D eigenvalue weighted by atomic mass is 10.2. The zero-order valence-corrected chi connectivity index (χ0v) is 12.1. The number of halogens is 1. The second-order valence-electron chi connectivity index (χ2n) is 3.52. The molecule has 0 heterocycles. The minimum Gasteiger partial charge on any atom is -0.359 e. The summed E-state index contributed by atoms with van der Waals surface area (Å²) in [6.07, 6.45) is 6.65. The highest BCUT2D eigenvalue weighted by Crippen LogP contribution is 2.03. The lowest BCUT2D eigenvalue weighted by Crippen LogP contribution is -1.96. The van der Waals surface area contributed by atoms with Crippen LogP contribution in [-0.2, 0) is 9.47 Å². The first-order valence-electron chi connectivity index (χ1n) is 6.00. The van der Waals surface area contributed by atoms with Crippen molar-refractivity contribution >= 4 is 15.9 Å². The maximum Gasteiger partial charge on any atom is 0.146 e. The van der Waals surface area contributed by atoms with E-state index in [1.165, 1.54) is 25.7 Å². The van der Waals surface area contributed by atoms with E-state index in [4.69, 9.17) is 9.47 Å². The third kappa shape index (κ3) is 15.5. The van der Waals surface area contributed by atoms with E-state index in [1.54, 1.807) is 7.11 Å². The lowest BCUT2D eigenvalue weighted by molar-refractivity contribution is -0.0281. The van der Waals surface area contributed by atoms with Gasteiger partial charge in [-0.1, -0.05) is 40.6 Å². The molecular formula is C14H21BrO2. The Labute approximate surface area is 114 Å². The molecule has 0 N–H and O–H groups in total. The zero-order chi connectivity index (χ0) is 12.6. The molecule has 0 aromatic carbocycles. The average molecular weight is 301 g/mol. The Morgan fingerprint density at radius 1 is 0.941 bits per heavy atom. The number of unbranched alkanes of at least 4 members (excludes halogenated alkanes) is 4. The summed E-state index contributed by atoms with van der Waals surface area (Å²) in [7, 11) is 1.61. The summed E-state index contributed by atoms with van der Waals surface area (Å²) >= 11 is 3.42. The van der Waals surface area contributed by atoms with Gasteiger partial charge in [-0.25, -0.2) is 0 Å². The molecule has 2 nitrogen and oxygen atoms in total. The van der Waals surface area contributed by atoms with Crippen LogP contribution in [0.4, 0.5) is 0 Å². The summed E-state index contributed by atoms with van der Waals surface area (Å²) in [5, 5.41) is 1.11. The first-order valence-corrected chi connectivity index (χ1v) is 7.12. The van der Waals surface area contributed by atoms with Crippen LogP contribution in [0, 0.1) is 23.7 Å². The molecule has 0 aliphatic heterocycles. The lowest BCUT2D eigenvalue weighted by Gasteiger charge is -1.96. The van der Waals surface area contributed by atoms with E-state index in [1.807, 2.05) is 0 Å². The highest BCUT2D eigenvalue weighted by molar-refractivity contribution is 9.09. The fraction of sp³-hybridized carbons (Fsp3) is 0.714.